The largest absolute Gasteiger partial charge is 0.432 e. The Morgan fingerprint density at radius 1 is 1.00 bits per heavy atom. The highest BCUT2D eigenvalue weighted by atomic mass is 19.3. The van der Waals surface area contributed by atoms with Gasteiger partial charge in [-0.05, 0) is 30.1 Å². The first-order valence-corrected chi connectivity index (χ1v) is 11.2. The van der Waals surface area contributed by atoms with Gasteiger partial charge >= 0.3 is 6.11 Å². The second kappa shape index (κ2) is 10.1. The van der Waals surface area contributed by atoms with Crippen LogP contribution in [0.2, 0.25) is 0 Å². The van der Waals surface area contributed by atoms with Crippen LogP contribution in [0.4, 0.5) is 35.1 Å². The lowest BCUT2D eigenvalue weighted by atomic mass is 9.78. The SMILES string of the molecule is CC1COC(C2CC=C(C3=CC(F)C(C(F)(F)Oc4cc(F)c(F)c(F)c4)C(F)C3)C(F)C2)OC1. The molecule has 0 aromatic heterocycles. The molecule has 11 heteroatoms. The van der Waals surface area contributed by atoms with Crippen LogP contribution in [-0.2, 0) is 9.47 Å². The van der Waals surface area contributed by atoms with Crippen molar-refractivity contribution in [3.63, 3.8) is 0 Å². The predicted octanol–water partition coefficient (Wildman–Crippen LogP) is 6.38. The average molecular weight is 512 g/mol. The van der Waals surface area contributed by atoms with Crippen LogP contribution >= 0.6 is 0 Å². The highest BCUT2D eigenvalue weighted by Gasteiger charge is 2.54. The Hall–Kier alpha value is -2.14. The maximum Gasteiger partial charge on any atom is 0.406 e. The van der Waals surface area contributed by atoms with Crippen molar-refractivity contribution in [1.29, 1.82) is 0 Å². The van der Waals surface area contributed by atoms with Gasteiger partial charge < -0.3 is 14.2 Å². The van der Waals surface area contributed by atoms with Gasteiger partial charge in [0.1, 0.15) is 30.2 Å². The quantitative estimate of drug-likeness (QED) is 0.339. The zero-order valence-corrected chi connectivity index (χ0v) is 18.6. The molecule has 4 rings (SSSR count). The van der Waals surface area contributed by atoms with Crippen LogP contribution in [0.5, 0.6) is 5.75 Å². The molecule has 5 unspecified atom stereocenters. The molecule has 0 saturated carbocycles. The Morgan fingerprint density at radius 2 is 1.63 bits per heavy atom. The van der Waals surface area contributed by atoms with Gasteiger partial charge in [0.15, 0.2) is 23.7 Å². The maximum atomic E-state index is 15.0. The molecule has 35 heavy (non-hydrogen) atoms. The summed E-state index contributed by atoms with van der Waals surface area (Å²) in [6.07, 6.45) is -10.00. The number of rotatable bonds is 5. The summed E-state index contributed by atoms with van der Waals surface area (Å²) in [6, 6.07) is 0.294. The second-order valence-corrected chi connectivity index (χ2v) is 9.25. The molecular weight excluding hydrogens is 488 g/mol. The number of hydrogen-bond acceptors (Lipinski definition) is 3. The van der Waals surface area contributed by atoms with E-state index in [0.29, 0.717) is 19.6 Å². The third-order valence-electron chi connectivity index (χ3n) is 6.44. The molecule has 0 N–H and O–H groups in total. The standard InChI is InChI=1S/C24H24F8O3/c1-11-9-33-23(34-10-11)12-2-3-15(16(25)4-12)13-5-17(26)21(18(27)6-13)24(31,32)35-14-7-19(28)22(30)20(29)8-14/h3,5,7-8,11-12,16-18,21,23H,2,4,6,9-10H2,1H3. The van der Waals surface area contributed by atoms with Crippen molar-refractivity contribution in [3.8, 4) is 5.75 Å². The first kappa shape index (κ1) is 25.9. The number of alkyl halides is 5. The molecule has 0 bridgehead atoms. The van der Waals surface area contributed by atoms with Crippen LogP contribution in [0.3, 0.4) is 0 Å². The molecule has 1 heterocycles. The third-order valence-corrected chi connectivity index (χ3v) is 6.44. The average Bonchev–Trinajstić information content (AvgIpc) is 2.76. The third kappa shape index (κ3) is 5.50. The monoisotopic (exact) mass is 512 g/mol. The van der Waals surface area contributed by atoms with E-state index in [9.17, 15) is 35.1 Å². The number of halogens is 8. The minimum Gasteiger partial charge on any atom is -0.432 e. The zero-order chi connectivity index (χ0) is 25.5. The molecule has 1 fully saturated rings. The fraction of sp³-hybridized carbons (Fsp3) is 0.583. The van der Waals surface area contributed by atoms with E-state index in [1.807, 2.05) is 6.92 Å². The first-order chi connectivity index (χ1) is 16.5. The van der Waals surface area contributed by atoms with E-state index >= 15 is 0 Å². The summed E-state index contributed by atoms with van der Waals surface area (Å²) >= 11 is 0. The van der Waals surface area contributed by atoms with Crippen LogP contribution in [-0.4, -0.2) is 44.1 Å². The first-order valence-electron chi connectivity index (χ1n) is 11.2. The summed E-state index contributed by atoms with van der Waals surface area (Å²) in [4.78, 5) is 0. The van der Waals surface area contributed by atoms with Gasteiger partial charge in [-0.1, -0.05) is 13.0 Å². The fourth-order valence-electron chi connectivity index (χ4n) is 4.66. The van der Waals surface area contributed by atoms with E-state index in [2.05, 4.69) is 4.74 Å². The van der Waals surface area contributed by atoms with Crippen LogP contribution in [0, 0.1) is 35.2 Å². The van der Waals surface area contributed by atoms with Gasteiger partial charge in [-0.15, -0.1) is 0 Å². The van der Waals surface area contributed by atoms with Crippen LogP contribution < -0.4 is 4.74 Å². The molecule has 0 amide bonds. The Bertz CT molecular complexity index is 966. The van der Waals surface area contributed by atoms with Gasteiger partial charge in [0.2, 0.25) is 0 Å². The molecule has 2 aliphatic carbocycles. The van der Waals surface area contributed by atoms with Gasteiger partial charge in [-0.2, -0.15) is 8.78 Å². The number of ether oxygens (including phenoxy) is 3. The van der Waals surface area contributed by atoms with E-state index in [0.717, 1.165) is 6.08 Å². The Labute approximate surface area is 196 Å². The van der Waals surface area contributed by atoms with Crippen molar-refractivity contribution in [2.75, 3.05) is 13.2 Å². The van der Waals surface area contributed by atoms with Crippen LogP contribution in [0.25, 0.3) is 0 Å². The van der Waals surface area contributed by atoms with E-state index in [4.69, 9.17) is 9.47 Å². The van der Waals surface area contributed by atoms with E-state index < -0.39 is 66.5 Å². The normalized spacial score (nSPS) is 34.3. The molecule has 194 valence electrons. The van der Waals surface area contributed by atoms with Gasteiger partial charge in [0, 0.05) is 30.4 Å². The maximum absolute atomic E-state index is 15.0. The van der Waals surface area contributed by atoms with Crippen molar-refractivity contribution in [1.82, 2.24) is 0 Å². The molecule has 3 aliphatic rings. The molecule has 1 aliphatic heterocycles. The van der Waals surface area contributed by atoms with Gasteiger partial charge in [0.25, 0.3) is 0 Å². The summed E-state index contributed by atoms with van der Waals surface area (Å²) in [5.41, 5.74) is -0.0398. The van der Waals surface area contributed by atoms with Crippen LogP contribution in [0.15, 0.2) is 35.4 Å². The van der Waals surface area contributed by atoms with Crippen molar-refractivity contribution < 1.29 is 49.3 Å². The van der Waals surface area contributed by atoms with Gasteiger partial charge in [-0.25, -0.2) is 26.3 Å². The molecule has 0 spiro atoms. The molecule has 1 aromatic rings. The number of allylic oxidation sites excluding steroid dienone is 4. The summed E-state index contributed by atoms with van der Waals surface area (Å²) < 4.78 is 129. The Balaban J connectivity index is 1.47. The number of hydrogen-bond donors (Lipinski definition) is 0. The highest BCUT2D eigenvalue weighted by molar-refractivity contribution is 5.39. The second-order valence-electron chi connectivity index (χ2n) is 9.25. The summed E-state index contributed by atoms with van der Waals surface area (Å²) in [5, 5.41) is 0. The highest BCUT2D eigenvalue weighted by Crippen LogP contribution is 2.45. The lowest BCUT2D eigenvalue weighted by Gasteiger charge is -2.38. The topological polar surface area (TPSA) is 27.7 Å². The molecule has 1 saturated heterocycles. The fourth-order valence-corrected chi connectivity index (χ4v) is 4.66. The zero-order valence-electron chi connectivity index (χ0n) is 18.6. The summed E-state index contributed by atoms with van der Waals surface area (Å²) in [6.45, 7) is 2.89. The van der Waals surface area contributed by atoms with Gasteiger partial charge in [-0.3, -0.25) is 0 Å². The lowest BCUT2D eigenvalue weighted by molar-refractivity contribution is -0.240. The smallest absolute Gasteiger partial charge is 0.406 e. The van der Waals surface area contributed by atoms with Crippen LogP contribution in [0.1, 0.15) is 26.2 Å². The van der Waals surface area contributed by atoms with Crippen molar-refractivity contribution in [3.05, 3.63) is 52.9 Å². The van der Waals surface area contributed by atoms with Gasteiger partial charge in [0.05, 0.1) is 13.2 Å². The molecule has 3 nitrogen and oxygen atoms in total. The summed E-state index contributed by atoms with van der Waals surface area (Å²) in [5.74, 6) is -9.38. The van der Waals surface area contributed by atoms with E-state index in [-0.39, 0.29) is 41.5 Å². The minimum absolute atomic E-state index is 0.0134. The molecular formula is C24H24F8O3. The molecule has 0 radical (unpaired) electrons. The predicted molar refractivity (Wildman–Crippen MR) is 108 cm³/mol. The Morgan fingerprint density at radius 3 is 2.20 bits per heavy atom. The molecule has 5 atom stereocenters. The summed E-state index contributed by atoms with van der Waals surface area (Å²) in [7, 11) is 0. The van der Waals surface area contributed by atoms with Crippen molar-refractivity contribution >= 4 is 0 Å². The van der Waals surface area contributed by atoms with E-state index in [1.54, 1.807) is 0 Å². The van der Waals surface area contributed by atoms with Crippen molar-refractivity contribution in [2.24, 2.45) is 17.8 Å². The number of benzene rings is 1. The Kier molecular flexibility index (Phi) is 7.47. The molecule has 1 aromatic carbocycles. The lowest BCUT2D eigenvalue weighted by Crippen LogP contribution is -2.47. The minimum atomic E-state index is -4.54. The van der Waals surface area contributed by atoms with Crippen molar-refractivity contribution in [2.45, 2.75) is 57.1 Å². The van der Waals surface area contributed by atoms with E-state index in [1.165, 1.54) is 6.08 Å².